The first-order chi connectivity index (χ1) is 8.21. The molecule has 3 nitrogen and oxygen atoms in total. The zero-order valence-electron chi connectivity index (χ0n) is 11.2. The molecule has 3 heteroatoms. The molecule has 0 radical (unpaired) electrons. The lowest BCUT2D eigenvalue weighted by molar-refractivity contribution is 0.397. The first-order valence-corrected chi connectivity index (χ1v) is 6.15. The highest BCUT2D eigenvalue weighted by Gasteiger charge is 2.07. The van der Waals surface area contributed by atoms with E-state index in [4.69, 9.17) is 9.47 Å². The van der Waals surface area contributed by atoms with E-state index in [1.807, 2.05) is 12.1 Å². The molecule has 0 saturated heterocycles. The van der Waals surface area contributed by atoms with Gasteiger partial charge in [-0.25, -0.2) is 0 Å². The fourth-order valence-electron chi connectivity index (χ4n) is 1.90. The van der Waals surface area contributed by atoms with Crippen LogP contribution >= 0.6 is 0 Å². The SMILES string of the molecule is CCNC(C)CCc1cc(OC)ccc1OC. The lowest BCUT2D eigenvalue weighted by Crippen LogP contribution is -2.25. The fourth-order valence-corrected chi connectivity index (χ4v) is 1.90. The Kier molecular flexibility index (Phi) is 5.84. The smallest absolute Gasteiger partial charge is 0.122 e. The standard InChI is InChI=1S/C14H23NO2/c1-5-15-11(2)6-7-12-10-13(16-3)8-9-14(12)17-4/h8-11,15H,5-7H2,1-4H3. The van der Waals surface area contributed by atoms with Gasteiger partial charge in [0.05, 0.1) is 14.2 Å². The number of rotatable bonds is 7. The van der Waals surface area contributed by atoms with Crippen LogP contribution in [0, 0.1) is 0 Å². The van der Waals surface area contributed by atoms with Gasteiger partial charge in [0.25, 0.3) is 0 Å². The monoisotopic (exact) mass is 237 g/mol. The average molecular weight is 237 g/mol. The molecule has 1 aromatic rings. The summed E-state index contributed by atoms with van der Waals surface area (Å²) in [6, 6.07) is 6.47. The molecule has 0 aliphatic heterocycles. The number of ether oxygens (including phenoxy) is 2. The molecule has 96 valence electrons. The van der Waals surface area contributed by atoms with Gasteiger partial charge in [0.15, 0.2) is 0 Å². The summed E-state index contributed by atoms with van der Waals surface area (Å²) in [6.45, 7) is 5.34. The van der Waals surface area contributed by atoms with Crippen molar-refractivity contribution in [1.82, 2.24) is 5.32 Å². The Morgan fingerprint density at radius 3 is 2.59 bits per heavy atom. The molecule has 1 rings (SSSR count). The second kappa shape index (κ2) is 7.17. The maximum atomic E-state index is 5.36. The summed E-state index contributed by atoms with van der Waals surface area (Å²) < 4.78 is 10.6. The molecular weight excluding hydrogens is 214 g/mol. The number of hydrogen-bond acceptors (Lipinski definition) is 3. The normalized spacial score (nSPS) is 12.2. The molecule has 0 aromatic heterocycles. The Morgan fingerprint density at radius 2 is 2.00 bits per heavy atom. The molecule has 0 saturated carbocycles. The van der Waals surface area contributed by atoms with Crippen LogP contribution < -0.4 is 14.8 Å². The largest absolute Gasteiger partial charge is 0.497 e. The van der Waals surface area contributed by atoms with Crippen molar-refractivity contribution in [3.8, 4) is 11.5 Å². The van der Waals surface area contributed by atoms with Crippen molar-refractivity contribution in [1.29, 1.82) is 0 Å². The van der Waals surface area contributed by atoms with E-state index in [-0.39, 0.29) is 0 Å². The van der Waals surface area contributed by atoms with E-state index in [0.717, 1.165) is 30.9 Å². The van der Waals surface area contributed by atoms with Crippen molar-refractivity contribution in [2.24, 2.45) is 0 Å². The summed E-state index contributed by atoms with van der Waals surface area (Å²) in [6.07, 6.45) is 2.09. The van der Waals surface area contributed by atoms with Crippen LogP contribution in [-0.2, 0) is 6.42 Å². The first-order valence-electron chi connectivity index (χ1n) is 6.15. The van der Waals surface area contributed by atoms with Crippen LogP contribution in [0.15, 0.2) is 18.2 Å². The van der Waals surface area contributed by atoms with Gasteiger partial charge in [0.1, 0.15) is 11.5 Å². The number of hydrogen-bond donors (Lipinski definition) is 1. The molecule has 0 amide bonds. The average Bonchev–Trinajstić information content (AvgIpc) is 2.36. The maximum Gasteiger partial charge on any atom is 0.122 e. The maximum absolute atomic E-state index is 5.36. The van der Waals surface area contributed by atoms with E-state index in [2.05, 4.69) is 25.2 Å². The van der Waals surface area contributed by atoms with Crippen LogP contribution in [0.5, 0.6) is 11.5 Å². The highest BCUT2D eigenvalue weighted by atomic mass is 16.5. The number of benzene rings is 1. The van der Waals surface area contributed by atoms with E-state index in [0.29, 0.717) is 6.04 Å². The summed E-state index contributed by atoms with van der Waals surface area (Å²) in [7, 11) is 3.39. The topological polar surface area (TPSA) is 30.5 Å². The predicted molar refractivity (Wildman–Crippen MR) is 71.0 cm³/mol. The second-order valence-electron chi connectivity index (χ2n) is 4.18. The van der Waals surface area contributed by atoms with Gasteiger partial charge in [-0.2, -0.15) is 0 Å². The van der Waals surface area contributed by atoms with Gasteiger partial charge in [-0.1, -0.05) is 6.92 Å². The molecule has 1 unspecified atom stereocenters. The lowest BCUT2D eigenvalue weighted by Gasteiger charge is -2.14. The molecular formula is C14H23NO2. The van der Waals surface area contributed by atoms with Gasteiger partial charge in [-0.3, -0.25) is 0 Å². The van der Waals surface area contributed by atoms with Crippen LogP contribution in [0.3, 0.4) is 0 Å². The minimum atomic E-state index is 0.524. The van der Waals surface area contributed by atoms with Gasteiger partial charge in [0.2, 0.25) is 0 Å². The molecule has 0 heterocycles. The van der Waals surface area contributed by atoms with E-state index < -0.39 is 0 Å². The Hall–Kier alpha value is -1.22. The summed E-state index contributed by atoms with van der Waals surface area (Å²) in [5.74, 6) is 1.83. The summed E-state index contributed by atoms with van der Waals surface area (Å²) >= 11 is 0. The predicted octanol–water partition coefficient (Wildman–Crippen LogP) is 2.63. The highest BCUT2D eigenvalue weighted by molar-refractivity contribution is 5.40. The van der Waals surface area contributed by atoms with Gasteiger partial charge < -0.3 is 14.8 Å². The van der Waals surface area contributed by atoms with Crippen LogP contribution in [0.2, 0.25) is 0 Å². The minimum Gasteiger partial charge on any atom is -0.497 e. The molecule has 1 atom stereocenters. The van der Waals surface area contributed by atoms with E-state index >= 15 is 0 Å². The lowest BCUT2D eigenvalue weighted by atomic mass is 10.0. The summed E-state index contributed by atoms with van der Waals surface area (Å²) in [4.78, 5) is 0. The van der Waals surface area contributed by atoms with E-state index in [1.54, 1.807) is 14.2 Å². The Morgan fingerprint density at radius 1 is 1.24 bits per heavy atom. The fraction of sp³-hybridized carbons (Fsp3) is 0.571. The van der Waals surface area contributed by atoms with Crippen LogP contribution in [-0.4, -0.2) is 26.8 Å². The third-order valence-electron chi connectivity index (χ3n) is 2.89. The number of aryl methyl sites for hydroxylation is 1. The van der Waals surface area contributed by atoms with Crippen molar-refractivity contribution in [2.75, 3.05) is 20.8 Å². The van der Waals surface area contributed by atoms with Crippen LogP contribution in [0.4, 0.5) is 0 Å². The zero-order chi connectivity index (χ0) is 12.7. The van der Waals surface area contributed by atoms with Gasteiger partial charge >= 0.3 is 0 Å². The van der Waals surface area contributed by atoms with Crippen LogP contribution in [0.1, 0.15) is 25.8 Å². The van der Waals surface area contributed by atoms with E-state index in [9.17, 15) is 0 Å². The Labute approximate surface area is 104 Å². The van der Waals surface area contributed by atoms with Crippen molar-refractivity contribution < 1.29 is 9.47 Å². The van der Waals surface area contributed by atoms with Crippen molar-refractivity contribution in [2.45, 2.75) is 32.7 Å². The van der Waals surface area contributed by atoms with Crippen LogP contribution in [0.25, 0.3) is 0 Å². The van der Waals surface area contributed by atoms with Crippen molar-refractivity contribution in [3.05, 3.63) is 23.8 Å². The third kappa shape index (κ3) is 4.27. The molecule has 0 spiro atoms. The Balaban J connectivity index is 2.67. The van der Waals surface area contributed by atoms with Crippen molar-refractivity contribution in [3.63, 3.8) is 0 Å². The summed E-state index contributed by atoms with van der Waals surface area (Å²) in [5, 5.41) is 3.41. The second-order valence-corrected chi connectivity index (χ2v) is 4.18. The first kappa shape index (κ1) is 13.8. The number of nitrogens with one attached hydrogen (secondary N) is 1. The molecule has 0 bridgehead atoms. The van der Waals surface area contributed by atoms with Gasteiger partial charge in [0, 0.05) is 6.04 Å². The summed E-state index contributed by atoms with van der Waals surface area (Å²) in [5.41, 5.74) is 1.21. The quantitative estimate of drug-likeness (QED) is 0.791. The third-order valence-corrected chi connectivity index (χ3v) is 2.89. The van der Waals surface area contributed by atoms with Gasteiger partial charge in [-0.15, -0.1) is 0 Å². The minimum absolute atomic E-state index is 0.524. The number of methoxy groups -OCH3 is 2. The van der Waals surface area contributed by atoms with E-state index in [1.165, 1.54) is 5.56 Å². The van der Waals surface area contributed by atoms with Crippen molar-refractivity contribution >= 4 is 0 Å². The molecule has 0 aliphatic rings. The molecule has 17 heavy (non-hydrogen) atoms. The van der Waals surface area contributed by atoms with Gasteiger partial charge in [-0.05, 0) is 50.1 Å². The molecule has 1 aromatic carbocycles. The Bertz CT molecular complexity index is 339. The molecule has 1 N–H and O–H groups in total. The highest BCUT2D eigenvalue weighted by Crippen LogP contribution is 2.25. The molecule has 0 fully saturated rings. The zero-order valence-corrected chi connectivity index (χ0v) is 11.2. The molecule has 0 aliphatic carbocycles.